The fraction of sp³-hybridized carbons (Fsp3) is 0.471. The highest BCUT2D eigenvalue weighted by molar-refractivity contribution is 5.94. The van der Waals surface area contributed by atoms with Gasteiger partial charge in [-0.15, -0.1) is 0 Å². The average molecular weight is 255 g/mol. The largest absolute Gasteiger partial charge is 0.326 e. The minimum atomic E-state index is 0.225. The van der Waals surface area contributed by atoms with Crippen molar-refractivity contribution >= 4 is 11.6 Å². The molecule has 0 spiro atoms. The van der Waals surface area contributed by atoms with E-state index < -0.39 is 0 Å². The number of allylic oxidation sites excluding steroid dienone is 2. The second-order valence-corrected chi connectivity index (χ2v) is 5.84. The Hall–Kier alpha value is -1.57. The number of rotatable bonds is 2. The summed E-state index contributed by atoms with van der Waals surface area (Å²) in [6.07, 6.45) is 9.15. The molecule has 1 fully saturated rings. The van der Waals surface area contributed by atoms with Gasteiger partial charge in [-0.25, -0.2) is 0 Å². The van der Waals surface area contributed by atoms with Gasteiger partial charge in [0.2, 0.25) is 5.91 Å². The molecule has 0 aliphatic heterocycles. The summed E-state index contributed by atoms with van der Waals surface area (Å²) in [7, 11) is 0. The van der Waals surface area contributed by atoms with Crippen molar-refractivity contribution in [2.45, 2.75) is 32.6 Å². The first-order valence-electron chi connectivity index (χ1n) is 7.28. The molecule has 0 heterocycles. The van der Waals surface area contributed by atoms with E-state index in [1.165, 1.54) is 18.4 Å². The molecule has 0 aromatic heterocycles. The highest BCUT2D eigenvalue weighted by Crippen LogP contribution is 2.53. The maximum Gasteiger partial charge on any atom is 0.228 e. The van der Waals surface area contributed by atoms with Gasteiger partial charge < -0.3 is 5.32 Å². The Morgan fingerprint density at radius 2 is 1.84 bits per heavy atom. The van der Waals surface area contributed by atoms with Crippen LogP contribution in [0.3, 0.4) is 0 Å². The minimum absolute atomic E-state index is 0.225. The summed E-state index contributed by atoms with van der Waals surface area (Å²) in [4.78, 5) is 12.3. The van der Waals surface area contributed by atoms with Crippen molar-refractivity contribution in [1.29, 1.82) is 0 Å². The molecule has 1 aromatic rings. The second-order valence-electron chi connectivity index (χ2n) is 5.84. The van der Waals surface area contributed by atoms with Crippen LogP contribution in [0.4, 0.5) is 5.69 Å². The number of hydrogen-bond donors (Lipinski definition) is 1. The van der Waals surface area contributed by atoms with Gasteiger partial charge in [0, 0.05) is 11.6 Å². The molecule has 2 nitrogen and oxygen atoms in total. The van der Waals surface area contributed by atoms with Crippen molar-refractivity contribution in [2.24, 2.45) is 17.8 Å². The monoisotopic (exact) mass is 255 g/mol. The first-order chi connectivity index (χ1) is 9.25. The summed E-state index contributed by atoms with van der Waals surface area (Å²) < 4.78 is 0. The molecule has 2 aliphatic rings. The van der Waals surface area contributed by atoms with E-state index in [-0.39, 0.29) is 11.8 Å². The molecule has 0 radical (unpaired) electrons. The summed E-state index contributed by atoms with van der Waals surface area (Å²) in [5.41, 5.74) is 2.12. The highest BCUT2D eigenvalue weighted by atomic mass is 16.2. The number of anilines is 1. The minimum Gasteiger partial charge on any atom is -0.326 e. The van der Waals surface area contributed by atoms with E-state index in [0.29, 0.717) is 11.8 Å². The van der Waals surface area contributed by atoms with E-state index in [0.717, 1.165) is 18.5 Å². The Morgan fingerprint density at radius 3 is 2.47 bits per heavy atom. The lowest BCUT2D eigenvalue weighted by Gasteiger charge is -2.05. The average Bonchev–Trinajstić information content (AvgIpc) is 3.00. The molecule has 2 atom stereocenters. The maximum absolute atomic E-state index is 12.3. The SMILES string of the molecule is Cc1cccc(NC(=O)C2C3CCC=CCCC32)c1. The van der Waals surface area contributed by atoms with Crippen molar-refractivity contribution in [3.63, 3.8) is 0 Å². The molecular formula is C17H21NO. The molecule has 2 unspecified atom stereocenters. The summed E-state index contributed by atoms with van der Waals surface area (Å²) in [5, 5.41) is 3.08. The van der Waals surface area contributed by atoms with Crippen LogP contribution in [0.2, 0.25) is 0 Å². The van der Waals surface area contributed by atoms with E-state index in [1.54, 1.807) is 0 Å². The Bertz CT molecular complexity index is 490. The van der Waals surface area contributed by atoms with Crippen molar-refractivity contribution in [1.82, 2.24) is 0 Å². The number of fused-ring (bicyclic) bond motifs is 1. The Labute approximate surface area is 114 Å². The van der Waals surface area contributed by atoms with Crippen molar-refractivity contribution in [2.75, 3.05) is 5.32 Å². The topological polar surface area (TPSA) is 29.1 Å². The number of hydrogen-bond acceptors (Lipinski definition) is 1. The summed E-state index contributed by atoms with van der Waals surface area (Å²) in [6, 6.07) is 8.04. The van der Waals surface area contributed by atoms with Crippen molar-refractivity contribution in [3.8, 4) is 0 Å². The lowest BCUT2D eigenvalue weighted by Crippen LogP contribution is -2.15. The first kappa shape index (κ1) is 12.5. The third-order valence-electron chi connectivity index (χ3n) is 4.42. The van der Waals surface area contributed by atoms with E-state index in [4.69, 9.17) is 0 Å². The van der Waals surface area contributed by atoms with E-state index in [1.807, 2.05) is 31.2 Å². The maximum atomic E-state index is 12.3. The number of carbonyl (C=O) groups excluding carboxylic acids is 1. The van der Waals surface area contributed by atoms with Gasteiger partial charge in [-0.2, -0.15) is 0 Å². The normalized spacial score (nSPS) is 29.0. The number of aryl methyl sites for hydroxylation is 1. The zero-order valence-electron chi connectivity index (χ0n) is 11.4. The molecule has 1 aromatic carbocycles. The highest BCUT2D eigenvalue weighted by Gasteiger charge is 2.53. The summed E-state index contributed by atoms with van der Waals surface area (Å²) in [6.45, 7) is 2.05. The van der Waals surface area contributed by atoms with Crippen LogP contribution in [-0.4, -0.2) is 5.91 Å². The Balaban J connectivity index is 1.63. The van der Waals surface area contributed by atoms with Gasteiger partial charge in [0.1, 0.15) is 0 Å². The van der Waals surface area contributed by atoms with E-state index in [9.17, 15) is 4.79 Å². The predicted octanol–water partition coefficient (Wildman–Crippen LogP) is 3.93. The lowest BCUT2D eigenvalue weighted by molar-refractivity contribution is -0.117. The van der Waals surface area contributed by atoms with Gasteiger partial charge in [0.25, 0.3) is 0 Å². The smallest absolute Gasteiger partial charge is 0.228 e. The third kappa shape index (κ3) is 2.73. The van der Waals surface area contributed by atoms with Crippen LogP contribution in [0.5, 0.6) is 0 Å². The summed E-state index contributed by atoms with van der Waals surface area (Å²) >= 11 is 0. The van der Waals surface area contributed by atoms with Gasteiger partial charge in [-0.05, 0) is 62.1 Å². The second kappa shape index (κ2) is 5.20. The van der Waals surface area contributed by atoms with Gasteiger partial charge in [0.15, 0.2) is 0 Å². The molecule has 0 bridgehead atoms. The molecule has 1 N–H and O–H groups in total. The first-order valence-corrected chi connectivity index (χ1v) is 7.28. The van der Waals surface area contributed by atoms with E-state index in [2.05, 4.69) is 17.5 Å². The number of benzene rings is 1. The van der Waals surface area contributed by atoms with Crippen LogP contribution in [0.25, 0.3) is 0 Å². The zero-order valence-corrected chi connectivity index (χ0v) is 11.4. The molecule has 1 amide bonds. The van der Waals surface area contributed by atoms with Crippen LogP contribution in [0, 0.1) is 24.7 Å². The van der Waals surface area contributed by atoms with Gasteiger partial charge in [0.05, 0.1) is 0 Å². The number of nitrogens with one attached hydrogen (secondary N) is 1. The van der Waals surface area contributed by atoms with Gasteiger partial charge in [-0.1, -0.05) is 24.3 Å². The van der Waals surface area contributed by atoms with Crippen LogP contribution >= 0.6 is 0 Å². The molecule has 0 saturated heterocycles. The van der Waals surface area contributed by atoms with Crippen LogP contribution in [0.15, 0.2) is 36.4 Å². The molecule has 3 rings (SSSR count). The summed E-state index contributed by atoms with van der Waals surface area (Å²) in [5.74, 6) is 1.72. The van der Waals surface area contributed by atoms with Crippen LogP contribution in [0.1, 0.15) is 31.2 Å². The van der Waals surface area contributed by atoms with Crippen molar-refractivity contribution < 1.29 is 4.79 Å². The standard InChI is InChI=1S/C17H21NO/c1-12-7-6-8-13(11-12)18-17(19)16-14-9-4-2-3-5-10-15(14)16/h2-3,6-8,11,14-16H,4-5,9-10H2,1H3,(H,18,19). The van der Waals surface area contributed by atoms with Crippen molar-refractivity contribution in [3.05, 3.63) is 42.0 Å². The molecule has 2 aliphatic carbocycles. The lowest BCUT2D eigenvalue weighted by atomic mass is 10.1. The molecule has 100 valence electrons. The quantitative estimate of drug-likeness (QED) is 0.797. The molecule has 19 heavy (non-hydrogen) atoms. The van der Waals surface area contributed by atoms with E-state index >= 15 is 0 Å². The van der Waals surface area contributed by atoms with Gasteiger partial charge >= 0.3 is 0 Å². The fourth-order valence-corrected chi connectivity index (χ4v) is 3.38. The molecule has 2 heteroatoms. The molecule has 1 saturated carbocycles. The Morgan fingerprint density at radius 1 is 1.16 bits per heavy atom. The fourth-order valence-electron chi connectivity index (χ4n) is 3.38. The van der Waals surface area contributed by atoms with Crippen LogP contribution < -0.4 is 5.32 Å². The third-order valence-corrected chi connectivity index (χ3v) is 4.42. The van der Waals surface area contributed by atoms with Gasteiger partial charge in [-0.3, -0.25) is 4.79 Å². The number of amides is 1. The molecular weight excluding hydrogens is 234 g/mol. The Kier molecular flexibility index (Phi) is 3.41. The predicted molar refractivity (Wildman–Crippen MR) is 77.9 cm³/mol. The zero-order chi connectivity index (χ0) is 13.2. The number of carbonyl (C=O) groups is 1. The van der Waals surface area contributed by atoms with Crippen LogP contribution in [-0.2, 0) is 4.79 Å².